The molecule has 124 valence electrons. The second kappa shape index (κ2) is 5.69. The number of carbonyl (C=O) groups excluding carboxylic acids is 1. The van der Waals surface area contributed by atoms with Crippen LogP contribution >= 0.6 is 0 Å². The molecule has 5 atom stereocenters. The molecule has 22 heavy (non-hydrogen) atoms. The second-order valence-electron chi connectivity index (χ2n) is 7.37. The van der Waals surface area contributed by atoms with Gasteiger partial charge in [0, 0.05) is 12.5 Å². The van der Waals surface area contributed by atoms with Crippen LogP contribution < -0.4 is 0 Å². The highest BCUT2D eigenvalue weighted by atomic mass is 16.6. The Kier molecular flexibility index (Phi) is 4.39. The van der Waals surface area contributed by atoms with Gasteiger partial charge in [-0.15, -0.1) is 0 Å². The molecule has 2 aliphatic carbocycles. The molecule has 2 aliphatic rings. The van der Waals surface area contributed by atoms with Crippen molar-refractivity contribution in [2.45, 2.75) is 64.6 Å². The van der Waals surface area contributed by atoms with Gasteiger partial charge in [-0.05, 0) is 56.3 Å². The van der Waals surface area contributed by atoms with Crippen LogP contribution in [0.3, 0.4) is 0 Å². The number of hydrogen-bond donors (Lipinski definition) is 2. The number of aliphatic carboxylic acids is 1. The Balaban J connectivity index is 2.24. The minimum atomic E-state index is -1.14. The molecule has 0 aromatic carbocycles. The van der Waals surface area contributed by atoms with Crippen molar-refractivity contribution in [1.82, 2.24) is 0 Å². The SMILES string of the molecule is C=C(C(=O)O)C1CCC2(C)CCC(OC(C)=O)C(C)(O)C2C1. The first-order valence-electron chi connectivity index (χ1n) is 7.89. The number of carboxylic acid groups (broad SMARTS) is 1. The molecule has 0 aliphatic heterocycles. The van der Waals surface area contributed by atoms with Crippen molar-refractivity contribution in [3.63, 3.8) is 0 Å². The molecule has 0 heterocycles. The molecule has 0 bridgehead atoms. The Labute approximate surface area is 131 Å². The fourth-order valence-corrected chi connectivity index (χ4v) is 4.46. The first-order chi connectivity index (χ1) is 10.1. The zero-order chi connectivity index (χ0) is 16.7. The lowest BCUT2D eigenvalue weighted by molar-refractivity contribution is -0.203. The third kappa shape index (κ3) is 2.91. The number of fused-ring (bicyclic) bond motifs is 1. The van der Waals surface area contributed by atoms with E-state index < -0.39 is 23.6 Å². The van der Waals surface area contributed by atoms with Gasteiger partial charge in [0.25, 0.3) is 0 Å². The Hall–Kier alpha value is -1.36. The molecule has 5 heteroatoms. The minimum absolute atomic E-state index is 0.0462. The van der Waals surface area contributed by atoms with Gasteiger partial charge in [0.1, 0.15) is 11.7 Å². The minimum Gasteiger partial charge on any atom is -0.478 e. The molecule has 0 aromatic heterocycles. The van der Waals surface area contributed by atoms with Crippen molar-refractivity contribution in [2.75, 3.05) is 0 Å². The molecule has 2 fully saturated rings. The van der Waals surface area contributed by atoms with Gasteiger partial charge in [-0.2, -0.15) is 0 Å². The van der Waals surface area contributed by atoms with Gasteiger partial charge in [-0.1, -0.05) is 13.5 Å². The van der Waals surface area contributed by atoms with Crippen molar-refractivity contribution in [3.8, 4) is 0 Å². The van der Waals surface area contributed by atoms with Crippen LogP contribution in [-0.2, 0) is 14.3 Å². The summed E-state index contributed by atoms with van der Waals surface area (Å²) in [5, 5.41) is 20.2. The predicted octanol–water partition coefficient (Wildman–Crippen LogP) is 2.53. The summed E-state index contributed by atoms with van der Waals surface area (Å²) in [6, 6.07) is 0. The number of ether oxygens (including phenoxy) is 1. The Morgan fingerprint density at radius 1 is 1.23 bits per heavy atom. The maximum absolute atomic E-state index is 11.3. The standard InChI is InChI=1S/C17H26O5/c1-10(15(19)20)12-5-7-16(3)8-6-14(22-11(2)18)17(4,21)13(16)9-12/h12-14,21H,1,5-9H2,2-4H3,(H,19,20). The number of hydrogen-bond acceptors (Lipinski definition) is 4. The van der Waals surface area contributed by atoms with Gasteiger partial charge in [0.05, 0.1) is 0 Å². The van der Waals surface area contributed by atoms with Crippen LogP contribution in [0.1, 0.15) is 52.9 Å². The average molecular weight is 310 g/mol. The predicted molar refractivity (Wildman–Crippen MR) is 81.1 cm³/mol. The molecule has 5 nitrogen and oxygen atoms in total. The average Bonchev–Trinajstić information content (AvgIpc) is 2.41. The molecule has 0 spiro atoms. The third-order valence-electron chi connectivity index (χ3n) is 5.84. The molecule has 2 rings (SSSR count). The quantitative estimate of drug-likeness (QED) is 0.618. The number of rotatable bonds is 3. The normalized spacial score (nSPS) is 41.4. The topological polar surface area (TPSA) is 83.8 Å². The largest absolute Gasteiger partial charge is 0.478 e. The number of carbonyl (C=O) groups is 2. The van der Waals surface area contributed by atoms with E-state index in [1.54, 1.807) is 6.92 Å². The molecular weight excluding hydrogens is 284 g/mol. The third-order valence-corrected chi connectivity index (χ3v) is 5.84. The van der Waals surface area contributed by atoms with Crippen LogP contribution in [0.4, 0.5) is 0 Å². The highest BCUT2D eigenvalue weighted by Crippen LogP contribution is 2.56. The maximum atomic E-state index is 11.3. The summed E-state index contributed by atoms with van der Waals surface area (Å²) in [5.74, 6) is -1.59. The van der Waals surface area contributed by atoms with Crippen molar-refractivity contribution in [1.29, 1.82) is 0 Å². The van der Waals surface area contributed by atoms with E-state index in [4.69, 9.17) is 9.84 Å². The first kappa shape index (κ1) is 17.0. The van der Waals surface area contributed by atoms with E-state index in [9.17, 15) is 14.7 Å². The summed E-state index contributed by atoms with van der Waals surface area (Å²) in [7, 11) is 0. The lowest BCUT2D eigenvalue weighted by atomic mass is 9.52. The van der Waals surface area contributed by atoms with Gasteiger partial charge in [0.2, 0.25) is 0 Å². The second-order valence-corrected chi connectivity index (χ2v) is 7.37. The fourth-order valence-electron chi connectivity index (χ4n) is 4.46. The van der Waals surface area contributed by atoms with E-state index in [0.29, 0.717) is 12.8 Å². The van der Waals surface area contributed by atoms with Crippen LogP contribution in [0, 0.1) is 17.3 Å². The van der Waals surface area contributed by atoms with Gasteiger partial charge < -0.3 is 14.9 Å². The van der Waals surface area contributed by atoms with E-state index in [1.807, 2.05) is 0 Å². The molecular formula is C17H26O5. The van der Waals surface area contributed by atoms with Crippen LogP contribution in [0.15, 0.2) is 12.2 Å². The van der Waals surface area contributed by atoms with E-state index in [0.717, 1.165) is 19.3 Å². The van der Waals surface area contributed by atoms with Crippen LogP contribution in [0.2, 0.25) is 0 Å². The smallest absolute Gasteiger partial charge is 0.331 e. The van der Waals surface area contributed by atoms with Crippen molar-refractivity contribution in [3.05, 3.63) is 12.2 Å². The Bertz CT molecular complexity index is 495. The van der Waals surface area contributed by atoms with Gasteiger partial charge in [-0.3, -0.25) is 4.79 Å². The molecule has 2 saturated carbocycles. The van der Waals surface area contributed by atoms with Crippen molar-refractivity contribution < 1.29 is 24.5 Å². The zero-order valence-electron chi connectivity index (χ0n) is 13.6. The highest BCUT2D eigenvalue weighted by Gasteiger charge is 2.56. The van der Waals surface area contributed by atoms with Crippen LogP contribution in [0.25, 0.3) is 0 Å². The summed E-state index contributed by atoms with van der Waals surface area (Å²) in [6.45, 7) is 8.90. The molecule has 5 unspecified atom stereocenters. The molecule has 0 radical (unpaired) electrons. The zero-order valence-corrected chi connectivity index (χ0v) is 13.6. The maximum Gasteiger partial charge on any atom is 0.331 e. The summed E-state index contributed by atoms with van der Waals surface area (Å²) >= 11 is 0. The lowest BCUT2D eigenvalue weighted by Gasteiger charge is -2.56. The van der Waals surface area contributed by atoms with Crippen LogP contribution in [0.5, 0.6) is 0 Å². The summed E-state index contributed by atoms with van der Waals surface area (Å²) < 4.78 is 5.32. The van der Waals surface area contributed by atoms with E-state index >= 15 is 0 Å². The van der Waals surface area contributed by atoms with Gasteiger partial charge in [0.15, 0.2) is 0 Å². The Morgan fingerprint density at radius 2 is 1.82 bits per heavy atom. The van der Waals surface area contributed by atoms with E-state index in [-0.39, 0.29) is 22.8 Å². The molecule has 0 amide bonds. The van der Waals surface area contributed by atoms with E-state index in [1.165, 1.54) is 6.92 Å². The molecule has 0 saturated heterocycles. The summed E-state index contributed by atoms with van der Waals surface area (Å²) in [5.41, 5.74) is -0.974. The van der Waals surface area contributed by atoms with Crippen LogP contribution in [-0.4, -0.2) is 33.9 Å². The summed E-state index contributed by atoms with van der Waals surface area (Å²) in [4.78, 5) is 22.5. The Morgan fingerprint density at radius 3 is 2.36 bits per heavy atom. The number of carboxylic acids is 1. The van der Waals surface area contributed by atoms with Crippen molar-refractivity contribution >= 4 is 11.9 Å². The van der Waals surface area contributed by atoms with Crippen molar-refractivity contribution in [2.24, 2.45) is 17.3 Å². The monoisotopic (exact) mass is 310 g/mol. The van der Waals surface area contributed by atoms with E-state index in [2.05, 4.69) is 13.5 Å². The molecule has 0 aromatic rings. The summed E-state index contributed by atoms with van der Waals surface area (Å²) in [6.07, 6.45) is 3.21. The van der Waals surface area contributed by atoms with Gasteiger partial charge >= 0.3 is 11.9 Å². The van der Waals surface area contributed by atoms with Gasteiger partial charge in [-0.25, -0.2) is 4.79 Å². The lowest BCUT2D eigenvalue weighted by Crippen LogP contribution is -2.59. The molecule has 2 N–H and O–H groups in total. The first-order valence-corrected chi connectivity index (χ1v) is 7.89. The number of aliphatic hydroxyl groups is 1. The highest BCUT2D eigenvalue weighted by molar-refractivity contribution is 5.86. The fraction of sp³-hybridized carbons (Fsp3) is 0.765. The number of esters is 1.